The zero-order chi connectivity index (χ0) is 16.0. The number of carbonyl (C=O) groups excluding carboxylic acids is 1. The Hall–Kier alpha value is -1.72. The molecule has 0 spiro atoms. The molecule has 1 aromatic rings. The van der Waals surface area contributed by atoms with Crippen LogP contribution in [0.5, 0.6) is 0 Å². The highest BCUT2D eigenvalue weighted by molar-refractivity contribution is 5.95. The maximum atomic E-state index is 12.5. The van der Waals surface area contributed by atoms with Gasteiger partial charge in [-0.25, -0.2) is 0 Å². The van der Waals surface area contributed by atoms with Crippen molar-refractivity contribution in [3.05, 3.63) is 23.8 Å². The summed E-state index contributed by atoms with van der Waals surface area (Å²) in [5.74, 6) is -0.343. The molecule has 0 fully saturated rings. The van der Waals surface area contributed by atoms with E-state index in [0.717, 1.165) is 31.4 Å². The molecule has 1 unspecified atom stereocenters. The number of hydrogen-bond donors (Lipinski definition) is 2. The van der Waals surface area contributed by atoms with E-state index >= 15 is 0 Å². The van der Waals surface area contributed by atoms with Gasteiger partial charge in [0.2, 0.25) is 5.91 Å². The second-order valence-corrected chi connectivity index (χ2v) is 5.04. The molecule has 0 radical (unpaired) electrons. The van der Waals surface area contributed by atoms with Crippen LogP contribution in [0.3, 0.4) is 0 Å². The zero-order valence-corrected chi connectivity index (χ0v) is 12.3. The minimum Gasteiger partial charge on any atom is -0.397 e. The van der Waals surface area contributed by atoms with Gasteiger partial charge in [-0.2, -0.15) is 13.2 Å². The molecule has 0 saturated heterocycles. The summed E-state index contributed by atoms with van der Waals surface area (Å²) < 4.78 is 37.6. The largest absolute Gasteiger partial charge is 0.416 e. The van der Waals surface area contributed by atoms with Crippen molar-refractivity contribution in [3.63, 3.8) is 0 Å². The molecule has 0 aliphatic rings. The van der Waals surface area contributed by atoms with Crippen LogP contribution in [-0.2, 0) is 11.0 Å². The molecule has 3 nitrogen and oxygen atoms in total. The van der Waals surface area contributed by atoms with Crippen LogP contribution in [-0.4, -0.2) is 5.91 Å². The van der Waals surface area contributed by atoms with E-state index in [-0.39, 0.29) is 23.2 Å². The predicted octanol–water partition coefficient (Wildman–Crippen LogP) is 4.44. The molecule has 0 aliphatic heterocycles. The fourth-order valence-corrected chi connectivity index (χ4v) is 2.06. The molecule has 1 amide bonds. The van der Waals surface area contributed by atoms with Crippen LogP contribution in [0.15, 0.2) is 18.2 Å². The van der Waals surface area contributed by atoms with Crippen molar-refractivity contribution in [1.29, 1.82) is 0 Å². The number of rotatable bonds is 6. The molecule has 6 heteroatoms. The topological polar surface area (TPSA) is 55.1 Å². The molecular formula is C15H21F3N2O. The Morgan fingerprint density at radius 3 is 2.48 bits per heavy atom. The first-order chi connectivity index (χ1) is 9.79. The van der Waals surface area contributed by atoms with Crippen molar-refractivity contribution < 1.29 is 18.0 Å². The monoisotopic (exact) mass is 302 g/mol. The Labute approximate surface area is 122 Å². The van der Waals surface area contributed by atoms with E-state index in [9.17, 15) is 18.0 Å². The molecule has 21 heavy (non-hydrogen) atoms. The van der Waals surface area contributed by atoms with Crippen molar-refractivity contribution in [2.24, 2.45) is 5.92 Å². The van der Waals surface area contributed by atoms with Gasteiger partial charge in [0.1, 0.15) is 0 Å². The minimum absolute atomic E-state index is 0.0801. The van der Waals surface area contributed by atoms with Crippen molar-refractivity contribution >= 4 is 17.3 Å². The molecule has 0 heterocycles. The first-order valence-corrected chi connectivity index (χ1v) is 7.07. The summed E-state index contributed by atoms with van der Waals surface area (Å²) in [4.78, 5) is 12.1. The maximum absolute atomic E-state index is 12.5. The molecule has 0 saturated carbocycles. The van der Waals surface area contributed by atoms with Crippen LogP contribution in [0.4, 0.5) is 24.5 Å². The van der Waals surface area contributed by atoms with Gasteiger partial charge in [-0.05, 0) is 31.0 Å². The first kappa shape index (κ1) is 17.3. The zero-order valence-electron chi connectivity index (χ0n) is 12.3. The smallest absolute Gasteiger partial charge is 0.397 e. The molecule has 1 atom stereocenters. The molecular weight excluding hydrogens is 281 g/mol. The summed E-state index contributed by atoms with van der Waals surface area (Å²) in [7, 11) is 0. The summed E-state index contributed by atoms with van der Waals surface area (Å²) in [6, 6.07) is 2.95. The third-order valence-corrected chi connectivity index (χ3v) is 3.41. The van der Waals surface area contributed by atoms with E-state index in [1.54, 1.807) is 0 Å². The van der Waals surface area contributed by atoms with Crippen LogP contribution in [0.2, 0.25) is 0 Å². The van der Waals surface area contributed by atoms with E-state index < -0.39 is 11.7 Å². The van der Waals surface area contributed by atoms with Gasteiger partial charge in [-0.1, -0.05) is 26.7 Å². The number of carbonyl (C=O) groups is 1. The van der Waals surface area contributed by atoms with Gasteiger partial charge in [0.05, 0.1) is 16.9 Å². The van der Waals surface area contributed by atoms with Gasteiger partial charge < -0.3 is 11.1 Å². The lowest BCUT2D eigenvalue weighted by Crippen LogP contribution is -2.23. The van der Waals surface area contributed by atoms with Crippen LogP contribution in [0.1, 0.15) is 45.1 Å². The third kappa shape index (κ3) is 4.95. The van der Waals surface area contributed by atoms with E-state index in [4.69, 9.17) is 5.73 Å². The Bertz CT molecular complexity index is 486. The first-order valence-electron chi connectivity index (χ1n) is 7.07. The summed E-state index contributed by atoms with van der Waals surface area (Å²) in [6.45, 7) is 3.95. The van der Waals surface area contributed by atoms with Crippen molar-refractivity contribution in [1.82, 2.24) is 0 Å². The van der Waals surface area contributed by atoms with E-state index in [2.05, 4.69) is 5.32 Å². The minimum atomic E-state index is -4.44. The highest BCUT2D eigenvalue weighted by Gasteiger charge is 2.31. The Balaban J connectivity index is 2.81. The standard InChI is InChI=1S/C15H21F3N2O/c1-3-5-6-10(4-2)14(21)20-13-8-7-11(9-12(13)19)15(16,17)18/h7-10H,3-6,19H2,1-2H3,(H,20,21). The van der Waals surface area contributed by atoms with Crippen molar-refractivity contribution in [2.75, 3.05) is 11.1 Å². The summed E-state index contributed by atoms with van der Waals surface area (Å²) in [5.41, 5.74) is 4.92. The SMILES string of the molecule is CCCCC(CC)C(=O)Nc1ccc(C(F)(F)F)cc1N. The third-order valence-electron chi connectivity index (χ3n) is 3.41. The highest BCUT2D eigenvalue weighted by atomic mass is 19.4. The molecule has 1 aromatic carbocycles. The van der Waals surface area contributed by atoms with Crippen LogP contribution in [0, 0.1) is 5.92 Å². The average molecular weight is 302 g/mol. The second-order valence-electron chi connectivity index (χ2n) is 5.04. The lowest BCUT2D eigenvalue weighted by Gasteiger charge is -2.16. The number of nitrogens with one attached hydrogen (secondary N) is 1. The van der Waals surface area contributed by atoms with Gasteiger partial charge in [0.15, 0.2) is 0 Å². The van der Waals surface area contributed by atoms with Crippen LogP contribution >= 0.6 is 0 Å². The van der Waals surface area contributed by atoms with Crippen molar-refractivity contribution in [2.45, 2.75) is 45.7 Å². The average Bonchev–Trinajstić information content (AvgIpc) is 2.40. The number of nitrogen functional groups attached to an aromatic ring is 1. The number of hydrogen-bond acceptors (Lipinski definition) is 2. The Kier molecular flexibility index (Phi) is 6.05. The molecule has 118 valence electrons. The number of anilines is 2. The van der Waals surface area contributed by atoms with Gasteiger partial charge >= 0.3 is 6.18 Å². The number of unbranched alkanes of at least 4 members (excludes halogenated alkanes) is 1. The number of nitrogens with two attached hydrogens (primary N) is 1. The van der Waals surface area contributed by atoms with Crippen LogP contribution < -0.4 is 11.1 Å². The van der Waals surface area contributed by atoms with Gasteiger partial charge in [-0.3, -0.25) is 4.79 Å². The van der Waals surface area contributed by atoms with Gasteiger partial charge in [0.25, 0.3) is 0 Å². The molecule has 0 aliphatic carbocycles. The lowest BCUT2D eigenvalue weighted by atomic mass is 9.98. The summed E-state index contributed by atoms with van der Waals surface area (Å²) >= 11 is 0. The molecule has 3 N–H and O–H groups in total. The summed E-state index contributed by atoms with van der Waals surface area (Å²) in [5, 5.41) is 2.62. The fraction of sp³-hybridized carbons (Fsp3) is 0.533. The predicted molar refractivity (Wildman–Crippen MR) is 77.8 cm³/mol. The Morgan fingerprint density at radius 1 is 1.33 bits per heavy atom. The lowest BCUT2D eigenvalue weighted by molar-refractivity contribution is -0.137. The van der Waals surface area contributed by atoms with Crippen molar-refractivity contribution in [3.8, 4) is 0 Å². The molecule has 0 bridgehead atoms. The Morgan fingerprint density at radius 2 is 2.00 bits per heavy atom. The molecule has 0 aromatic heterocycles. The van der Waals surface area contributed by atoms with E-state index in [1.165, 1.54) is 6.07 Å². The molecule has 1 rings (SSSR count). The van der Waals surface area contributed by atoms with E-state index in [0.29, 0.717) is 6.42 Å². The van der Waals surface area contributed by atoms with Crippen LogP contribution in [0.25, 0.3) is 0 Å². The second kappa shape index (κ2) is 7.33. The fourth-order valence-electron chi connectivity index (χ4n) is 2.06. The number of amides is 1. The van der Waals surface area contributed by atoms with Gasteiger partial charge in [0, 0.05) is 5.92 Å². The van der Waals surface area contributed by atoms with Gasteiger partial charge in [-0.15, -0.1) is 0 Å². The number of benzene rings is 1. The number of alkyl halides is 3. The normalized spacial score (nSPS) is 13.0. The van der Waals surface area contributed by atoms with E-state index in [1.807, 2.05) is 13.8 Å². The quantitative estimate of drug-likeness (QED) is 0.763. The highest BCUT2D eigenvalue weighted by Crippen LogP contribution is 2.33. The summed E-state index contributed by atoms with van der Waals surface area (Å²) in [6.07, 6.45) is -1.06. The number of halogens is 3. The maximum Gasteiger partial charge on any atom is 0.416 e.